The molecule has 19 heavy (non-hydrogen) atoms. The lowest BCUT2D eigenvalue weighted by atomic mass is 10.4. The molecule has 0 spiro atoms. The number of hydrogen-bond donors (Lipinski definition) is 2. The van der Waals surface area contributed by atoms with Gasteiger partial charge in [0.2, 0.25) is 0 Å². The second-order valence-electron chi connectivity index (χ2n) is 4.26. The molecule has 0 saturated heterocycles. The number of aromatic nitrogens is 3. The van der Waals surface area contributed by atoms with Gasteiger partial charge in [0.05, 0.1) is 0 Å². The van der Waals surface area contributed by atoms with Crippen molar-refractivity contribution in [2.75, 3.05) is 11.2 Å². The van der Waals surface area contributed by atoms with E-state index in [1.807, 2.05) is 19.1 Å². The Morgan fingerprint density at radius 3 is 2.47 bits per heavy atom. The Morgan fingerprint density at radius 1 is 1.26 bits per heavy atom. The lowest BCUT2D eigenvalue weighted by Gasteiger charge is -2.15. The summed E-state index contributed by atoms with van der Waals surface area (Å²) in [7, 11) is 1.44. The van der Waals surface area contributed by atoms with Crippen LogP contribution in [0, 0.1) is 0 Å². The van der Waals surface area contributed by atoms with Crippen LogP contribution >= 0.6 is 0 Å². The molecule has 2 heterocycles. The lowest BCUT2D eigenvalue weighted by molar-refractivity contribution is 0.599. The summed E-state index contributed by atoms with van der Waals surface area (Å²) in [6.07, 6.45) is 4.24. The number of anilines is 2. The molecule has 102 valence electrons. The van der Waals surface area contributed by atoms with Gasteiger partial charge in [0.15, 0.2) is 5.69 Å². The molecule has 2 rings (SSSR count). The van der Waals surface area contributed by atoms with Crippen molar-refractivity contribution in [3.63, 3.8) is 0 Å². The number of nitrogen functional groups attached to an aromatic ring is 1. The first-order valence-corrected chi connectivity index (χ1v) is 6.05. The summed E-state index contributed by atoms with van der Waals surface area (Å²) in [4.78, 5) is 24.1. The van der Waals surface area contributed by atoms with E-state index in [1.165, 1.54) is 11.6 Å². The number of nitrogens with zero attached hydrogens (tertiary/aromatic N) is 3. The largest absolute Gasteiger partial charge is 0.383 e. The molecule has 0 atom stereocenters. The third-order valence-corrected chi connectivity index (χ3v) is 2.88. The minimum atomic E-state index is -0.441. The van der Waals surface area contributed by atoms with Gasteiger partial charge in [-0.25, -0.2) is 4.79 Å². The standard InChI is InChI=1S/C12H17N5O2/c1-3-6-17-10(13)9(11(18)15(2)12(17)19)14-16-7-4-5-8-16/h4-5,7-8,14H,3,6,13H2,1-2H3. The first-order valence-electron chi connectivity index (χ1n) is 6.05. The van der Waals surface area contributed by atoms with E-state index in [1.54, 1.807) is 17.1 Å². The third kappa shape index (κ3) is 2.26. The molecule has 0 fully saturated rings. The number of nitrogens with one attached hydrogen (secondary N) is 1. The fraction of sp³-hybridized carbons (Fsp3) is 0.333. The zero-order valence-corrected chi connectivity index (χ0v) is 11.0. The molecule has 0 aliphatic heterocycles. The van der Waals surface area contributed by atoms with E-state index in [4.69, 9.17) is 5.73 Å². The number of nitrogens with two attached hydrogens (primary N) is 1. The summed E-state index contributed by atoms with van der Waals surface area (Å²) >= 11 is 0. The Hall–Kier alpha value is -2.44. The maximum Gasteiger partial charge on any atom is 0.332 e. The fourth-order valence-corrected chi connectivity index (χ4v) is 1.87. The molecule has 7 nitrogen and oxygen atoms in total. The van der Waals surface area contributed by atoms with Gasteiger partial charge in [-0.05, 0) is 18.6 Å². The minimum Gasteiger partial charge on any atom is -0.383 e. The van der Waals surface area contributed by atoms with Gasteiger partial charge in [-0.2, -0.15) is 0 Å². The molecule has 0 aliphatic carbocycles. The van der Waals surface area contributed by atoms with E-state index in [0.29, 0.717) is 6.54 Å². The number of hydrogen-bond acceptors (Lipinski definition) is 4. The summed E-state index contributed by atoms with van der Waals surface area (Å²) in [5.41, 5.74) is 8.18. The SMILES string of the molecule is CCCn1c(N)c(Nn2cccc2)c(=O)n(C)c1=O. The normalized spacial score (nSPS) is 10.6. The summed E-state index contributed by atoms with van der Waals surface area (Å²) in [5, 5.41) is 0. The average Bonchev–Trinajstić information content (AvgIpc) is 2.90. The summed E-state index contributed by atoms with van der Waals surface area (Å²) in [6.45, 7) is 2.41. The summed E-state index contributed by atoms with van der Waals surface area (Å²) < 4.78 is 4.05. The van der Waals surface area contributed by atoms with Crippen molar-refractivity contribution < 1.29 is 0 Å². The van der Waals surface area contributed by atoms with E-state index >= 15 is 0 Å². The zero-order valence-electron chi connectivity index (χ0n) is 11.0. The zero-order chi connectivity index (χ0) is 14.0. The highest BCUT2D eigenvalue weighted by atomic mass is 16.2. The predicted octanol–water partition coefficient (Wildman–Crippen LogP) is 0.216. The maximum atomic E-state index is 12.1. The van der Waals surface area contributed by atoms with Gasteiger partial charge in [-0.15, -0.1) is 0 Å². The Labute approximate surface area is 109 Å². The molecular weight excluding hydrogens is 246 g/mol. The van der Waals surface area contributed by atoms with Gasteiger partial charge in [0.1, 0.15) is 5.82 Å². The van der Waals surface area contributed by atoms with Gasteiger partial charge in [0, 0.05) is 26.0 Å². The van der Waals surface area contributed by atoms with Crippen molar-refractivity contribution in [1.82, 2.24) is 13.8 Å². The fourth-order valence-electron chi connectivity index (χ4n) is 1.87. The highest BCUT2D eigenvalue weighted by Crippen LogP contribution is 2.11. The maximum absolute atomic E-state index is 12.1. The highest BCUT2D eigenvalue weighted by molar-refractivity contribution is 5.60. The van der Waals surface area contributed by atoms with Gasteiger partial charge >= 0.3 is 5.69 Å². The second-order valence-corrected chi connectivity index (χ2v) is 4.26. The lowest BCUT2D eigenvalue weighted by Crippen LogP contribution is -2.41. The number of rotatable bonds is 4. The molecule has 0 aromatic carbocycles. The summed E-state index contributed by atoms with van der Waals surface area (Å²) in [5.74, 6) is 0.156. The molecule has 0 unspecified atom stereocenters. The molecule has 0 amide bonds. The van der Waals surface area contributed by atoms with Crippen LogP contribution in [0.5, 0.6) is 0 Å². The first kappa shape index (κ1) is 13.0. The highest BCUT2D eigenvalue weighted by Gasteiger charge is 2.14. The van der Waals surface area contributed by atoms with E-state index in [-0.39, 0.29) is 11.5 Å². The van der Waals surface area contributed by atoms with Gasteiger partial charge in [-0.1, -0.05) is 6.92 Å². The molecule has 0 radical (unpaired) electrons. The van der Waals surface area contributed by atoms with E-state index in [0.717, 1.165) is 11.0 Å². The Kier molecular flexibility index (Phi) is 3.46. The van der Waals surface area contributed by atoms with Crippen molar-refractivity contribution in [2.24, 2.45) is 7.05 Å². The summed E-state index contributed by atoms with van der Waals surface area (Å²) in [6, 6.07) is 3.63. The van der Waals surface area contributed by atoms with Crippen molar-refractivity contribution >= 4 is 11.5 Å². The van der Waals surface area contributed by atoms with Crippen LogP contribution in [0.1, 0.15) is 13.3 Å². The molecule has 0 bridgehead atoms. The van der Waals surface area contributed by atoms with Crippen LogP contribution in [0.2, 0.25) is 0 Å². The topological polar surface area (TPSA) is 87.0 Å². The van der Waals surface area contributed by atoms with E-state index < -0.39 is 11.2 Å². The van der Waals surface area contributed by atoms with Crippen LogP contribution in [0.3, 0.4) is 0 Å². The van der Waals surface area contributed by atoms with Crippen molar-refractivity contribution in [1.29, 1.82) is 0 Å². The van der Waals surface area contributed by atoms with Gasteiger partial charge in [0.25, 0.3) is 5.56 Å². The van der Waals surface area contributed by atoms with E-state index in [2.05, 4.69) is 5.43 Å². The minimum absolute atomic E-state index is 0.156. The Morgan fingerprint density at radius 2 is 1.89 bits per heavy atom. The van der Waals surface area contributed by atoms with Crippen molar-refractivity contribution in [3.05, 3.63) is 45.4 Å². The molecule has 0 aliphatic rings. The molecule has 3 N–H and O–H groups in total. The molecule has 2 aromatic rings. The average molecular weight is 263 g/mol. The Balaban J connectivity index is 2.60. The van der Waals surface area contributed by atoms with E-state index in [9.17, 15) is 9.59 Å². The molecule has 2 aromatic heterocycles. The quantitative estimate of drug-likeness (QED) is 0.826. The Bertz CT molecular complexity index is 681. The second kappa shape index (κ2) is 5.05. The van der Waals surface area contributed by atoms with Crippen molar-refractivity contribution in [3.8, 4) is 0 Å². The van der Waals surface area contributed by atoms with Crippen molar-refractivity contribution in [2.45, 2.75) is 19.9 Å². The van der Waals surface area contributed by atoms with Crippen LogP contribution in [-0.2, 0) is 13.6 Å². The first-order chi connectivity index (χ1) is 9.06. The third-order valence-electron chi connectivity index (χ3n) is 2.88. The van der Waals surface area contributed by atoms with Crippen LogP contribution in [0.15, 0.2) is 34.1 Å². The van der Waals surface area contributed by atoms with Crippen LogP contribution in [0.4, 0.5) is 11.5 Å². The van der Waals surface area contributed by atoms with Gasteiger partial charge < -0.3 is 5.73 Å². The predicted molar refractivity (Wildman–Crippen MR) is 74.1 cm³/mol. The molecular formula is C12H17N5O2. The molecule has 7 heteroatoms. The smallest absolute Gasteiger partial charge is 0.332 e. The van der Waals surface area contributed by atoms with Crippen LogP contribution < -0.4 is 22.4 Å². The van der Waals surface area contributed by atoms with Crippen LogP contribution in [-0.4, -0.2) is 13.8 Å². The van der Waals surface area contributed by atoms with Gasteiger partial charge in [-0.3, -0.25) is 24.0 Å². The van der Waals surface area contributed by atoms with Crippen LogP contribution in [0.25, 0.3) is 0 Å². The monoisotopic (exact) mass is 263 g/mol. The molecule has 0 saturated carbocycles.